The van der Waals surface area contributed by atoms with Crippen LogP contribution in [0.25, 0.3) is 10.7 Å². The molecule has 1 atom stereocenters. The molecule has 0 aromatic carbocycles. The first-order valence-corrected chi connectivity index (χ1v) is 5.97. The first-order valence-electron chi connectivity index (χ1n) is 5.15. The van der Waals surface area contributed by atoms with Crippen LogP contribution in [0, 0.1) is 6.92 Å². The van der Waals surface area contributed by atoms with Crippen molar-refractivity contribution in [2.75, 3.05) is 7.05 Å². The number of nitrogens with one attached hydrogen (secondary N) is 1. The van der Waals surface area contributed by atoms with E-state index in [1.165, 1.54) is 0 Å². The van der Waals surface area contributed by atoms with Gasteiger partial charge in [-0.15, -0.1) is 10.2 Å². The Bertz CT molecular complexity index is 480. The largest absolute Gasteiger partial charge is 0.311 e. The molecule has 5 heteroatoms. The van der Waals surface area contributed by atoms with Crippen LogP contribution >= 0.6 is 11.3 Å². The maximum Gasteiger partial charge on any atom is 0.166 e. The van der Waals surface area contributed by atoms with Crippen molar-refractivity contribution in [2.24, 2.45) is 0 Å². The first kappa shape index (κ1) is 11.2. The van der Waals surface area contributed by atoms with Crippen molar-refractivity contribution >= 4 is 11.3 Å². The zero-order valence-electron chi connectivity index (χ0n) is 9.56. The molecule has 0 aliphatic carbocycles. The Labute approximate surface area is 98.8 Å². The van der Waals surface area contributed by atoms with E-state index in [2.05, 4.69) is 27.4 Å². The minimum atomic E-state index is 0.232. The minimum absolute atomic E-state index is 0.232. The van der Waals surface area contributed by atoms with Gasteiger partial charge in [0, 0.05) is 5.69 Å². The van der Waals surface area contributed by atoms with Crippen LogP contribution in [0.15, 0.2) is 18.2 Å². The summed E-state index contributed by atoms with van der Waals surface area (Å²) in [6, 6.07) is 6.15. The Morgan fingerprint density at radius 1 is 1.31 bits per heavy atom. The highest BCUT2D eigenvalue weighted by atomic mass is 32.1. The molecule has 0 saturated carbocycles. The van der Waals surface area contributed by atoms with Crippen molar-refractivity contribution in [1.82, 2.24) is 20.5 Å². The molecule has 1 unspecified atom stereocenters. The van der Waals surface area contributed by atoms with Crippen LogP contribution in [0.1, 0.15) is 23.7 Å². The molecule has 2 aromatic rings. The van der Waals surface area contributed by atoms with Gasteiger partial charge in [-0.1, -0.05) is 17.4 Å². The smallest absolute Gasteiger partial charge is 0.166 e. The van der Waals surface area contributed by atoms with Crippen LogP contribution in [0.4, 0.5) is 0 Å². The average molecular weight is 234 g/mol. The van der Waals surface area contributed by atoms with Gasteiger partial charge in [-0.2, -0.15) is 0 Å². The summed E-state index contributed by atoms with van der Waals surface area (Å²) in [5, 5.41) is 13.3. The van der Waals surface area contributed by atoms with E-state index in [9.17, 15) is 0 Å². The summed E-state index contributed by atoms with van der Waals surface area (Å²) >= 11 is 1.58. The predicted octanol–water partition coefficient (Wildman–Crippen LogP) is 2.19. The molecule has 0 amide bonds. The van der Waals surface area contributed by atoms with Crippen molar-refractivity contribution in [3.05, 3.63) is 28.9 Å². The van der Waals surface area contributed by atoms with Crippen LogP contribution < -0.4 is 5.32 Å². The van der Waals surface area contributed by atoms with Gasteiger partial charge in [0.05, 0.1) is 6.04 Å². The second-order valence-corrected chi connectivity index (χ2v) is 4.63. The number of aryl methyl sites for hydroxylation is 1. The number of nitrogens with zero attached hydrogens (tertiary/aromatic N) is 3. The van der Waals surface area contributed by atoms with Gasteiger partial charge in [-0.25, -0.2) is 0 Å². The molecule has 1 N–H and O–H groups in total. The molecule has 4 nitrogen and oxygen atoms in total. The summed E-state index contributed by atoms with van der Waals surface area (Å²) < 4.78 is 0. The third-order valence-electron chi connectivity index (χ3n) is 2.35. The van der Waals surface area contributed by atoms with Gasteiger partial charge in [-0.05, 0) is 33.0 Å². The summed E-state index contributed by atoms with van der Waals surface area (Å²) in [5.41, 5.74) is 1.89. The van der Waals surface area contributed by atoms with E-state index < -0.39 is 0 Å². The zero-order valence-corrected chi connectivity index (χ0v) is 10.4. The number of pyridine rings is 1. The molecule has 0 aliphatic heterocycles. The van der Waals surface area contributed by atoms with E-state index in [0.717, 1.165) is 21.4 Å². The van der Waals surface area contributed by atoms with Gasteiger partial charge in [0.2, 0.25) is 0 Å². The highest BCUT2D eigenvalue weighted by molar-refractivity contribution is 7.14. The Hall–Kier alpha value is -1.33. The minimum Gasteiger partial charge on any atom is -0.311 e. The SMILES string of the molecule is CNC(C)c1nnc(-c2cccc(C)n2)s1. The van der Waals surface area contributed by atoms with Crippen molar-refractivity contribution in [3.63, 3.8) is 0 Å². The summed E-state index contributed by atoms with van der Waals surface area (Å²) in [6.07, 6.45) is 0. The summed E-state index contributed by atoms with van der Waals surface area (Å²) in [7, 11) is 1.91. The third-order valence-corrected chi connectivity index (χ3v) is 3.48. The van der Waals surface area contributed by atoms with E-state index in [1.807, 2.05) is 32.2 Å². The van der Waals surface area contributed by atoms with Gasteiger partial charge in [0.25, 0.3) is 0 Å². The molecule has 16 heavy (non-hydrogen) atoms. The monoisotopic (exact) mass is 234 g/mol. The van der Waals surface area contributed by atoms with Crippen LogP contribution in [0.3, 0.4) is 0 Å². The second-order valence-electron chi connectivity index (χ2n) is 3.62. The molecule has 0 fully saturated rings. The molecular weight excluding hydrogens is 220 g/mol. The Kier molecular flexibility index (Phi) is 3.26. The van der Waals surface area contributed by atoms with Gasteiger partial charge in [0.1, 0.15) is 10.7 Å². The second kappa shape index (κ2) is 4.67. The van der Waals surface area contributed by atoms with Gasteiger partial charge >= 0.3 is 0 Å². The molecule has 2 rings (SSSR count). The topological polar surface area (TPSA) is 50.7 Å². The molecule has 0 aliphatic rings. The lowest BCUT2D eigenvalue weighted by molar-refractivity contribution is 0.640. The maximum absolute atomic E-state index is 4.43. The Balaban J connectivity index is 2.31. The van der Waals surface area contributed by atoms with Crippen molar-refractivity contribution in [2.45, 2.75) is 19.9 Å². The van der Waals surface area contributed by atoms with Crippen molar-refractivity contribution in [1.29, 1.82) is 0 Å². The number of hydrogen-bond acceptors (Lipinski definition) is 5. The molecular formula is C11H14N4S. The molecule has 0 bridgehead atoms. The molecule has 0 saturated heterocycles. The summed E-state index contributed by atoms with van der Waals surface area (Å²) in [5.74, 6) is 0. The average Bonchev–Trinajstić information content (AvgIpc) is 2.77. The van der Waals surface area contributed by atoms with Gasteiger partial charge < -0.3 is 5.32 Å². The lowest BCUT2D eigenvalue weighted by Crippen LogP contribution is -2.11. The van der Waals surface area contributed by atoms with E-state index in [1.54, 1.807) is 11.3 Å². The fourth-order valence-electron chi connectivity index (χ4n) is 1.30. The highest BCUT2D eigenvalue weighted by Crippen LogP contribution is 2.25. The molecule has 84 valence electrons. The quantitative estimate of drug-likeness (QED) is 0.884. The standard InChI is InChI=1S/C11H14N4S/c1-7-5-4-6-9(13-7)11-15-14-10(16-11)8(2)12-3/h4-6,8,12H,1-3H3. The summed E-state index contributed by atoms with van der Waals surface area (Å²) in [6.45, 7) is 4.04. The predicted molar refractivity (Wildman–Crippen MR) is 65.4 cm³/mol. The lowest BCUT2D eigenvalue weighted by Gasteiger charge is -2.02. The third kappa shape index (κ3) is 2.25. The molecule has 0 spiro atoms. The van der Waals surface area contributed by atoms with Gasteiger partial charge in [0.15, 0.2) is 5.01 Å². The van der Waals surface area contributed by atoms with E-state index in [4.69, 9.17) is 0 Å². The fraction of sp³-hybridized carbons (Fsp3) is 0.364. The van der Waals surface area contributed by atoms with E-state index in [-0.39, 0.29) is 6.04 Å². The van der Waals surface area contributed by atoms with E-state index in [0.29, 0.717) is 0 Å². The Morgan fingerprint density at radius 2 is 2.12 bits per heavy atom. The zero-order chi connectivity index (χ0) is 11.5. The van der Waals surface area contributed by atoms with Crippen molar-refractivity contribution < 1.29 is 0 Å². The Morgan fingerprint density at radius 3 is 2.81 bits per heavy atom. The highest BCUT2D eigenvalue weighted by Gasteiger charge is 2.11. The molecule has 0 radical (unpaired) electrons. The van der Waals surface area contributed by atoms with E-state index >= 15 is 0 Å². The molecule has 2 heterocycles. The van der Waals surface area contributed by atoms with Crippen molar-refractivity contribution in [3.8, 4) is 10.7 Å². The van der Waals surface area contributed by atoms with Crippen LogP contribution in [-0.2, 0) is 0 Å². The maximum atomic E-state index is 4.43. The first-order chi connectivity index (χ1) is 7.70. The normalized spacial score (nSPS) is 12.7. The number of aromatic nitrogens is 3. The van der Waals surface area contributed by atoms with Gasteiger partial charge in [-0.3, -0.25) is 4.98 Å². The van der Waals surface area contributed by atoms with Crippen LogP contribution in [0.2, 0.25) is 0 Å². The number of rotatable bonds is 3. The summed E-state index contributed by atoms with van der Waals surface area (Å²) in [4.78, 5) is 4.43. The fourth-order valence-corrected chi connectivity index (χ4v) is 2.17. The van der Waals surface area contributed by atoms with Crippen LogP contribution in [0.5, 0.6) is 0 Å². The molecule has 2 aromatic heterocycles. The van der Waals surface area contributed by atoms with Crippen LogP contribution in [-0.4, -0.2) is 22.2 Å². The lowest BCUT2D eigenvalue weighted by atomic mass is 10.3. The number of hydrogen-bond donors (Lipinski definition) is 1.